The van der Waals surface area contributed by atoms with Gasteiger partial charge in [0.1, 0.15) is 5.82 Å². The van der Waals surface area contributed by atoms with E-state index in [1.807, 2.05) is 0 Å². The zero-order chi connectivity index (χ0) is 11.0. The molecule has 1 fully saturated rings. The van der Waals surface area contributed by atoms with Gasteiger partial charge in [-0.2, -0.15) is 0 Å². The normalized spacial score (nSPS) is 26.7. The zero-order valence-electron chi connectivity index (χ0n) is 10.1. The number of aryl methyl sites for hydroxylation is 1. The Morgan fingerprint density at radius 1 is 1.31 bits per heavy atom. The van der Waals surface area contributed by atoms with Crippen LogP contribution >= 0.6 is 0 Å². The van der Waals surface area contributed by atoms with Gasteiger partial charge in [0.15, 0.2) is 0 Å². The summed E-state index contributed by atoms with van der Waals surface area (Å²) in [7, 11) is 0. The lowest BCUT2D eigenvalue weighted by molar-refractivity contribution is 0.425. The van der Waals surface area contributed by atoms with E-state index in [4.69, 9.17) is 4.98 Å². The average molecular weight is 219 g/mol. The second-order valence-corrected chi connectivity index (χ2v) is 5.25. The maximum absolute atomic E-state index is 4.86. The number of hydrogen-bond acceptors (Lipinski definition) is 2. The van der Waals surface area contributed by atoms with Crippen molar-refractivity contribution < 1.29 is 0 Å². The molecule has 0 spiro atoms. The lowest BCUT2D eigenvalue weighted by Gasteiger charge is -2.21. The highest BCUT2D eigenvalue weighted by Crippen LogP contribution is 2.29. The molecule has 3 heteroatoms. The Morgan fingerprint density at radius 2 is 2.12 bits per heavy atom. The van der Waals surface area contributed by atoms with E-state index in [2.05, 4.69) is 23.0 Å². The Labute approximate surface area is 97.3 Å². The monoisotopic (exact) mass is 219 g/mol. The lowest BCUT2D eigenvalue weighted by Crippen LogP contribution is -2.26. The van der Waals surface area contributed by atoms with E-state index >= 15 is 0 Å². The van der Waals surface area contributed by atoms with Crippen LogP contribution in [0.4, 0.5) is 0 Å². The average Bonchev–Trinajstić information content (AvgIpc) is 2.76. The van der Waals surface area contributed by atoms with Crippen LogP contribution in [0.25, 0.3) is 0 Å². The fourth-order valence-corrected chi connectivity index (χ4v) is 3.03. The molecule has 1 N–H and O–H groups in total. The third-order valence-electron chi connectivity index (χ3n) is 4.08. The summed E-state index contributed by atoms with van der Waals surface area (Å²) in [5.41, 5.74) is 1.35. The number of piperidine rings is 1. The molecular weight excluding hydrogens is 198 g/mol. The molecular formula is C13H21N3. The van der Waals surface area contributed by atoms with Crippen LogP contribution in [-0.4, -0.2) is 22.6 Å². The van der Waals surface area contributed by atoms with Gasteiger partial charge in [0.05, 0.1) is 5.69 Å². The van der Waals surface area contributed by atoms with Crippen molar-refractivity contribution in [2.24, 2.45) is 0 Å². The highest BCUT2D eigenvalue weighted by atomic mass is 15.1. The van der Waals surface area contributed by atoms with Gasteiger partial charge in [-0.05, 0) is 45.7 Å². The summed E-state index contributed by atoms with van der Waals surface area (Å²) in [5, 5.41) is 3.42. The summed E-state index contributed by atoms with van der Waals surface area (Å²) in [6.07, 6.45) is 8.64. The smallest absolute Gasteiger partial charge is 0.109 e. The summed E-state index contributed by atoms with van der Waals surface area (Å²) >= 11 is 0. The summed E-state index contributed by atoms with van der Waals surface area (Å²) in [4.78, 5) is 4.86. The van der Waals surface area contributed by atoms with Crippen LogP contribution in [0.1, 0.15) is 56.1 Å². The van der Waals surface area contributed by atoms with Gasteiger partial charge in [-0.1, -0.05) is 0 Å². The number of nitrogens with zero attached hydrogens (tertiary/aromatic N) is 2. The number of aromatic nitrogens is 2. The van der Waals surface area contributed by atoms with Gasteiger partial charge in [-0.3, -0.25) is 0 Å². The molecule has 0 aromatic carbocycles. The molecule has 1 aromatic heterocycles. The molecule has 16 heavy (non-hydrogen) atoms. The van der Waals surface area contributed by atoms with Crippen molar-refractivity contribution in [3.63, 3.8) is 0 Å². The molecule has 3 rings (SSSR count). The van der Waals surface area contributed by atoms with E-state index < -0.39 is 0 Å². The first-order valence-corrected chi connectivity index (χ1v) is 6.63. The van der Waals surface area contributed by atoms with Gasteiger partial charge < -0.3 is 9.88 Å². The van der Waals surface area contributed by atoms with E-state index in [9.17, 15) is 0 Å². The Bertz CT molecular complexity index is 363. The van der Waals surface area contributed by atoms with E-state index in [1.165, 1.54) is 43.6 Å². The molecule has 2 aliphatic rings. The molecule has 1 saturated heterocycles. The maximum Gasteiger partial charge on any atom is 0.109 e. The van der Waals surface area contributed by atoms with Gasteiger partial charge in [-0.25, -0.2) is 4.98 Å². The lowest BCUT2D eigenvalue weighted by atomic mass is 9.95. The van der Waals surface area contributed by atoms with E-state index in [0.717, 1.165) is 13.1 Å². The highest BCUT2D eigenvalue weighted by Gasteiger charge is 2.23. The summed E-state index contributed by atoms with van der Waals surface area (Å²) < 4.78 is 2.42. The Hall–Kier alpha value is -0.830. The van der Waals surface area contributed by atoms with E-state index in [0.29, 0.717) is 12.0 Å². The van der Waals surface area contributed by atoms with Crippen molar-refractivity contribution in [2.45, 2.75) is 51.0 Å². The number of hydrogen-bond donors (Lipinski definition) is 1. The quantitative estimate of drug-likeness (QED) is 0.785. The molecule has 0 unspecified atom stereocenters. The number of rotatable bonds is 1. The van der Waals surface area contributed by atoms with Crippen molar-refractivity contribution in [3.05, 3.63) is 17.7 Å². The second kappa shape index (κ2) is 4.21. The molecule has 0 aliphatic carbocycles. The summed E-state index contributed by atoms with van der Waals surface area (Å²) in [6, 6.07) is 0.659. The fourth-order valence-electron chi connectivity index (χ4n) is 3.03. The van der Waals surface area contributed by atoms with Crippen molar-refractivity contribution >= 4 is 0 Å². The largest absolute Gasteiger partial charge is 0.332 e. The van der Waals surface area contributed by atoms with Crippen LogP contribution in [0.3, 0.4) is 0 Å². The number of nitrogens with one attached hydrogen (secondary N) is 1. The minimum Gasteiger partial charge on any atom is -0.332 e. The van der Waals surface area contributed by atoms with Gasteiger partial charge in [0.25, 0.3) is 0 Å². The first-order valence-electron chi connectivity index (χ1n) is 6.63. The Morgan fingerprint density at radius 3 is 2.88 bits per heavy atom. The van der Waals surface area contributed by atoms with Crippen molar-refractivity contribution in [1.82, 2.24) is 14.9 Å². The van der Waals surface area contributed by atoms with Crippen molar-refractivity contribution in [2.75, 3.05) is 13.1 Å². The minimum absolute atomic E-state index is 0.659. The Kier molecular flexibility index (Phi) is 2.72. The van der Waals surface area contributed by atoms with Gasteiger partial charge >= 0.3 is 0 Å². The Balaban J connectivity index is 1.85. The van der Waals surface area contributed by atoms with Crippen LogP contribution in [0.2, 0.25) is 0 Å². The van der Waals surface area contributed by atoms with Crippen molar-refractivity contribution in [1.29, 1.82) is 0 Å². The number of imidazole rings is 1. The molecule has 2 aliphatic heterocycles. The van der Waals surface area contributed by atoms with E-state index in [-0.39, 0.29) is 0 Å². The highest BCUT2D eigenvalue weighted by molar-refractivity contribution is 5.13. The van der Waals surface area contributed by atoms with Crippen LogP contribution in [0, 0.1) is 0 Å². The second-order valence-electron chi connectivity index (χ2n) is 5.25. The molecule has 1 aromatic rings. The summed E-state index contributed by atoms with van der Waals surface area (Å²) in [6.45, 7) is 4.63. The minimum atomic E-state index is 0.659. The number of fused-ring (bicyclic) bond motifs is 1. The van der Waals surface area contributed by atoms with Gasteiger partial charge in [-0.15, -0.1) is 0 Å². The predicted octanol–water partition coefficient (Wildman–Crippen LogP) is 2.25. The molecule has 0 bridgehead atoms. The van der Waals surface area contributed by atoms with Crippen LogP contribution in [0.5, 0.6) is 0 Å². The zero-order valence-corrected chi connectivity index (χ0v) is 10.1. The first kappa shape index (κ1) is 10.3. The van der Waals surface area contributed by atoms with Crippen LogP contribution < -0.4 is 5.32 Å². The van der Waals surface area contributed by atoms with Crippen molar-refractivity contribution in [3.8, 4) is 0 Å². The van der Waals surface area contributed by atoms with E-state index in [1.54, 1.807) is 0 Å². The topological polar surface area (TPSA) is 29.9 Å². The molecule has 3 nitrogen and oxygen atoms in total. The maximum atomic E-state index is 4.86. The molecule has 3 heterocycles. The van der Waals surface area contributed by atoms with Gasteiger partial charge in [0, 0.05) is 24.6 Å². The first-order chi connectivity index (χ1) is 7.84. The molecule has 0 radical (unpaired) electrons. The van der Waals surface area contributed by atoms with Crippen LogP contribution in [0.15, 0.2) is 6.20 Å². The SMILES string of the molecule is C[C@H]1CCCc2nc(C3CCNCC3)cn21. The third-order valence-corrected chi connectivity index (χ3v) is 4.08. The van der Waals surface area contributed by atoms with Crippen LogP contribution in [-0.2, 0) is 6.42 Å². The van der Waals surface area contributed by atoms with Gasteiger partial charge in [0.2, 0.25) is 0 Å². The predicted molar refractivity (Wildman–Crippen MR) is 64.7 cm³/mol. The standard InChI is InChI=1S/C13H21N3/c1-10-3-2-4-13-15-12(9-16(10)13)11-5-7-14-8-6-11/h9-11,14H,2-8H2,1H3/t10-/m0/s1. The molecule has 88 valence electrons. The summed E-state index contributed by atoms with van der Waals surface area (Å²) in [5.74, 6) is 2.03. The third kappa shape index (κ3) is 1.77. The fraction of sp³-hybridized carbons (Fsp3) is 0.769. The molecule has 0 saturated carbocycles. The molecule has 0 amide bonds. The molecule has 1 atom stereocenters.